The SMILES string of the molecule is C[C@H](C#N)C[C@H](NC(=O)Cc1ccc(F)cc1F)C(N)=O. The van der Waals surface area contributed by atoms with Crippen LogP contribution in [0.25, 0.3) is 0 Å². The largest absolute Gasteiger partial charge is 0.368 e. The van der Waals surface area contributed by atoms with E-state index in [2.05, 4.69) is 5.32 Å². The number of carbonyl (C=O) groups excluding carboxylic acids is 2. The zero-order valence-electron chi connectivity index (χ0n) is 11.4. The summed E-state index contributed by atoms with van der Waals surface area (Å²) in [4.78, 5) is 23.0. The number of nitriles is 1. The lowest BCUT2D eigenvalue weighted by Crippen LogP contribution is -2.45. The van der Waals surface area contributed by atoms with Crippen molar-refractivity contribution in [2.24, 2.45) is 11.7 Å². The van der Waals surface area contributed by atoms with Crippen molar-refractivity contribution in [2.45, 2.75) is 25.8 Å². The first-order valence-corrected chi connectivity index (χ1v) is 6.25. The number of hydrogen-bond donors (Lipinski definition) is 2. The second kappa shape index (κ2) is 7.33. The van der Waals surface area contributed by atoms with Gasteiger partial charge in [-0.3, -0.25) is 9.59 Å². The Morgan fingerprint density at radius 3 is 2.62 bits per heavy atom. The number of halogens is 2. The van der Waals surface area contributed by atoms with E-state index in [0.29, 0.717) is 6.07 Å². The van der Waals surface area contributed by atoms with Gasteiger partial charge in [0.15, 0.2) is 0 Å². The molecular weight excluding hydrogens is 280 g/mol. The molecule has 112 valence electrons. The number of nitrogens with two attached hydrogens (primary N) is 1. The molecule has 5 nitrogen and oxygen atoms in total. The van der Waals surface area contributed by atoms with Gasteiger partial charge in [-0.05, 0) is 25.0 Å². The summed E-state index contributed by atoms with van der Waals surface area (Å²) in [6.07, 6.45) is -0.277. The van der Waals surface area contributed by atoms with Crippen LogP contribution in [-0.2, 0) is 16.0 Å². The van der Waals surface area contributed by atoms with Gasteiger partial charge in [0.05, 0.1) is 12.5 Å². The monoisotopic (exact) mass is 295 g/mol. The molecule has 1 aromatic carbocycles. The Morgan fingerprint density at radius 1 is 1.43 bits per heavy atom. The maximum atomic E-state index is 13.4. The molecule has 0 aromatic heterocycles. The molecule has 2 amide bonds. The molecule has 2 atom stereocenters. The summed E-state index contributed by atoms with van der Waals surface area (Å²) in [6.45, 7) is 1.59. The van der Waals surface area contributed by atoms with E-state index >= 15 is 0 Å². The summed E-state index contributed by atoms with van der Waals surface area (Å²) in [5.41, 5.74) is 5.15. The fraction of sp³-hybridized carbons (Fsp3) is 0.357. The van der Waals surface area contributed by atoms with E-state index in [-0.39, 0.29) is 18.4 Å². The Morgan fingerprint density at radius 2 is 2.10 bits per heavy atom. The fourth-order valence-electron chi connectivity index (χ4n) is 1.74. The number of rotatable bonds is 6. The molecule has 3 N–H and O–H groups in total. The highest BCUT2D eigenvalue weighted by Gasteiger charge is 2.21. The highest BCUT2D eigenvalue weighted by molar-refractivity contribution is 5.87. The molecule has 0 fully saturated rings. The Hall–Kier alpha value is -2.49. The van der Waals surface area contributed by atoms with E-state index in [0.717, 1.165) is 12.1 Å². The number of amides is 2. The van der Waals surface area contributed by atoms with Crippen molar-refractivity contribution >= 4 is 11.8 Å². The number of carbonyl (C=O) groups is 2. The Kier molecular flexibility index (Phi) is 5.79. The predicted molar refractivity (Wildman–Crippen MR) is 70.6 cm³/mol. The van der Waals surface area contributed by atoms with E-state index in [1.54, 1.807) is 6.92 Å². The second-order valence-corrected chi connectivity index (χ2v) is 4.70. The lowest BCUT2D eigenvalue weighted by molar-refractivity contribution is -0.127. The van der Waals surface area contributed by atoms with E-state index < -0.39 is 35.4 Å². The van der Waals surface area contributed by atoms with Gasteiger partial charge in [-0.15, -0.1) is 0 Å². The molecule has 0 aliphatic heterocycles. The lowest BCUT2D eigenvalue weighted by Gasteiger charge is -2.16. The topological polar surface area (TPSA) is 96.0 Å². The van der Waals surface area contributed by atoms with Crippen molar-refractivity contribution in [3.05, 3.63) is 35.4 Å². The van der Waals surface area contributed by atoms with Gasteiger partial charge in [0.25, 0.3) is 0 Å². The summed E-state index contributed by atoms with van der Waals surface area (Å²) in [5.74, 6) is -3.45. The minimum absolute atomic E-state index is 0.00505. The van der Waals surface area contributed by atoms with Crippen molar-refractivity contribution in [3.63, 3.8) is 0 Å². The highest BCUT2D eigenvalue weighted by Crippen LogP contribution is 2.11. The zero-order valence-corrected chi connectivity index (χ0v) is 11.4. The van der Waals surface area contributed by atoms with Gasteiger partial charge in [-0.2, -0.15) is 5.26 Å². The number of primary amides is 1. The third-order valence-corrected chi connectivity index (χ3v) is 2.85. The Labute approximate surface area is 120 Å². The van der Waals surface area contributed by atoms with E-state index in [1.807, 2.05) is 6.07 Å². The molecule has 21 heavy (non-hydrogen) atoms. The van der Waals surface area contributed by atoms with Crippen molar-refractivity contribution in [2.75, 3.05) is 0 Å². The average molecular weight is 295 g/mol. The van der Waals surface area contributed by atoms with Gasteiger partial charge in [0.1, 0.15) is 17.7 Å². The van der Waals surface area contributed by atoms with Crippen LogP contribution in [0.5, 0.6) is 0 Å². The standard InChI is InChI=1S/C14H15F2N3O2/c1-8(7-17)4-12(14(18)21)19-13(20)5-9-2-3-10(15)6-11(9)16/h2-3,6,8,12H,4-5H2,1H3,(H2,18,21)(H,19,20)/t8-,12-/m0/s1. The lowest BCUT2D eigenvalue weighted by atomic mass is 10.0. The zero-order chi connectivity index (χ0) is 16.0. The van der Waals surface area contributed by atoms with Crippen LogP contribution in [0.4, 0.5) is 8.78 Å². The van der Waals surface area contributed by atoms with Crippen molar-refractivity contribution in [3.8, 4) is 6.07 Å². The molecule has 0 radical (unpaired) electrons. The maximum absolute atomic E-state index is 13.4. The number of nitrogens with one attached hydrogen (secondary N) is 1. The van der Waals surface area contributed by atoms with E-state index in [1.165, 1.54) is 0 Å². The third-order valence-electron chi connectivity index (χ3n) is 2.85. The summed E-state index contributed by atoms with van der Waals surface area (Å²) in [6, 6.07) is 3.79. The van der Waals surface area contributed by atoms with Crippen molar-refractivity contribution < 1.29 is 18.4 Å². The number of benzene rings is 1. The average Bonchev–Trinajstić information content (AvgIpc) is 2.40. The quantitative estimate of drug-likeness (QED) is 0.820. The second-order valence-electron chi connectivity index (χ2n) is 4.70. The normalized spacial score (nSPS) is 13.0. The van der Waals surface area contributed by atoms with E-state index in [4.69, 9.17) is 11.0 Å². The Bertz CT molecular complexity index is 584. The molecule has 0 aliphatic rings. The van der Waals surface area contributed by atoms with Crippen molar-refractivity contribution in [1.29, 1.82) is 5.26 Å². The number of nitrogens with zero attached hydrogens (tertiary/aromatic N) is 1. The van der Waals surface area contributed by atoms with E-state index in [9.17, 15) is 18.4 Å². The predicted octanol–water partition coefficient (Wildman–Crippen LogP) is 1.03. The smallest absolute Gasteiger partial charge is 0.240 e. The van der Waals surface area contributed by atoms with Crippen LogP contribution < -0.4 is 11.1 Å². The van der Waals surface area contributed by atoms with Crippen LogP contribution in [0.2, 0.25) is 0 Å². The summed E-state index contributed by atoms with van der Waals surface area (Å²) >= 11 is 0. The van der Waals surface area contributed by atoms with Crippen LogP contribution in [0.3, 0.4) is 0 Å². The number of hydrogen-bond acceptors (Lipinski definition) is 3. The molecular formula is C14H15F2N3O2. The molecule has 0 saturated carbocycles. The highest BCUT2D eigenvalue weighted by atomic mass is 19.1. The third kappa shape index (κ3) is 5.18. The van der Waals surface area contributed by atoms with Crippen LogP contribution in [0.15, 0.2) is 18.2 Å². The van der Waals surface area contributed by atoms with Crippen LogP contribution in [-0.4, -0.2) is 17.9 Å². The van der Waals surface area contributed by atoms with Crippen molar-refractivity contribution in [1.82, 2.24) is 5.32 Å². The molecule has 1 rings (SSSR count). The fourth-order valence-corrected chi connectivity index (χ4v) is 1.74. The molecule has 0 bridgehead atoms. The molecule has 0 unspecified atom stereocenters. The minimum Gasteiger partial charge on any atom is -0.368 e. The van der Waals surface area contributed by atoms with Crippen LogP contribution in [0.1, 0.15) is 18.9 Å². The van der Waals surface area contributed by atoms with Gasteiger partial charge >= 0.3 is 0 Å². The van der Waals surface area contributed by atoms with Gasteiger partial charge < -0.3 is 11.1 Å². The van der Waals surface area contributed by atoms with Gasteiger partial charge in [0.2, 0.25) is 11.8 Å². The first-order chi connectivity index (χ1) is 9.83. The van der Waals surface area contributed by atoms with Crippen LogP contribution >= 0.6 is 0 Å². The first-order valence-electron chi connectivity index (χ1n) is 6.25. The summed E-state index contributed by atoms with van der Waals surface area (Å²) in [5, 5.41) is 11.0. The molecule has 1 aromatic rings. The molecule has 0 spiro atoms. The van der Waals surface area contributed by atoms with Gasteiger partial charge in [0, 0.05) is 12.0 Å². The maximum Gasteiger partial charge on any atom is 0.240 e. The summed E-state index contributed by atoms with van der Waals surface area (Å²) in [7, 11) is 0. The molecule has 7 heteroatoms. The first kappa shape index (κ1) is 16.6. The molecule has 0 heterocycles. The van der Waals surface area contributed by atoms with Crippen LogP contribution in [0, 0.1) is 28.9 Å². The molecule has 0 aliphatic carbocycles. The van der Waals surface area contributed by atoms with Gasteiger partial charge in [-0.25, -0.2) is 8.78 Å². The van der Waals surface area contributed by atoms with Gasteiger partial charge in [-0.1, -0.05) is 6.07 Å². The summed E-state index contributed by atoms with van der Waals surface area (Å²) < 4.78 is 26.2. The minimum atomic E-state index is -1.00. The Balaban J connectivity index is 2.70. The molecule has 0 saturated heterocycles.